The van der Waals surface area contributed by atoms with Crippen molar-refractivity contribution >= 4 is 5.91 Å². The molecule has 2 N–H and O–H groups in total. The number of aromatic nitrogens is 1. The summed E-state index contributed by atoms with van der Waals surface area (Å²) in [6.07, 6.45) is 5.24. The van der Waals surface area contributed by atoms with Gasteiger partial charge in [0.1, 0.15) is 5.56 Å². The van der Waals surface area contributed by atoms with E-state index in [1.54, 1.807) is 6.07 Å². The summed E-state index contributed by atoms with van der Waals surface area (Å²) in [6, 6.07) is 2.19. The Morgan fingerprint density at radius 3 is 3.10 bits per heavy atom. The normalized spacial score (nSPS) is 21.5. The molecule has 0 saturated carbocycles. The molecule has 0 spiro atoms. The Morgan fingerprint density at radius 1 is 1.43 bits per heavy atom. The molecule has 2 aliphatic rings. The predicted octanol–water partition coefficient (Wildman–Crippen LogP) is 1.08. The number of carbonyl (C=O) groups excluding carboxylic acids is 1. The number of nitrogens with one attached hydrogen (secondary N) is 2. The minimum atomic E-state index is -0.257. The van der Waals surface area contributed by atoms with Crippen LogP contribution in [-0.4, -0.2) is 41.5 Å². The van der Waals surface area contributed by atoms with Gasteiger partial charge in [0.25, 0.3) is 11.5 Å². The molecule has 2 heterocycles. The molecule has 3 rings (SSSR count). The number of carbonyl (C=O) groups is 1. The highest BCUT2D eigenvalue weighted by molar-refractivity contribution is 5.94. The van der Waals surface area contributed by atoms with Gasteiger partial charge in [0.15, 0.2) is 0 Å². The number of amides is 1. The van der Waals surface area contributed by atoms with Crippen LogP contribution >= 0.6 is 0 Å². The molecule has 1 aromatic heterocycles. The number of likely N-dealkylation sites (N-methyl/N-ethyl adjacent to an activating group) is 1. The predicted molar refractivity (Wildman–Crippen MR) is 81.7 cm³/mol. The number of aryl methyl sites for hydroxylation is 2. The van der Waals surface area contributed by atoms with E-state index in [0.717, 1.165) is 50.0 Å². The highest BCUT2D eigenvalue weighted by atomic mass is 16.2. The third-order valence-corrected chi connectivity index (χ3v) is 4.74. The Morgan fingerprint density at radius 2 is 2.29 bits per heavy atom. The van der Waals surface area contributed by atoms with Gasteiger partial charge in [0.2, 0.25) is 0 Å². The quantitative estimate of drug-likeness (QED) is 0.871. The zero-order valence-corrected chi connectivity index (χ0v) is 12.6. The molecular weight excluding hydrogens is 266 g/mol. The summed E-state index contributed by atoms with van der Waals surface area (Å²) in [7, 11) is 0. The highest BCUT2D eigenvalue weighted by Gasteiger charge is 2.24. The van der Waals surface area contributed by atoms with E-state index in [2.05, 4.69) is 22.1 Å². The number of fused-ring (bicyclic) bond motifs is 1. The van der Waals surface area contributed by atoms with Crippen LogP contribution < -0.4 is 10.9 Å². The van der Waals surface area contributed by atoms with E-state index in [9.17, 15) is 9.59 Å². The van der Waals surface area contributed by atoms with Crippen molar-refractivity contribution in [2.24, 2.45) is 0 Å². The standard InChI is InChI=1S/C16H23N3O2/c1-2-19-8-4-6-12(19)10-17-15(20)13-9-11-5-3-7-14(11)18-16(13)21/h9,12H,2-8,10H2,1H3,(H,17,20)(H,18,21). The third-order valence-electron chi connectivity index (χ3n) is 4.74. The van der Waals surface area contributed by atoms with Crippen LogP contribution in [0.15, 0.2) is 10.9 Å². The second-order valence-electron chi connectivity index (χ2n) is 6.00. The van der Waals surface area contributed by atoms with E-state index in [1.807, 2.05) is 0 Å². The maximum absolute atomic E-state index is 12.3. The fraction of sp³-hybridized carbons (Fsp3) is 0.625. The molecule has 5 heteroatoms. The Hall–Kier alpha value is -1.62. The van der Waals surface area contributed by atoms with Gasteiger partial charge in [-0.25, -0.2) is 0 Å². The van der Waals surface area contributed by atoms with Crippen LogP contribution in [0.2, 0.25) is 0 Å². The number of aromatic amines is 1. The van der Waals surface area contributed by atoms with E-state index >= 15 is 0 Å². The van der Waals surface area contributed by atoms with E-state index in [1.165, 1.54) is 6.42 Å². The van der Waals surface area contributed by atoms with Crippen LogP contribution in [0.3, 0.4) is 0 Å². The molecule has 1 unspecified atom stereocenters. The van der Waals surface area contributed by atoms with Gasteiger partial charge in [0.05, 0.1) is 0 Å². The number of pyridine rings is 1. The molecule has 0 aromatic carbocycles. The van der Waals surface area contributed by atoms with Crippen LogP contribution in [0.1, 0.15) is 47.8 Å². The van der Waals surface area contributed by atoms with E-state index in [4.69, 9.17) is 0 Å². The SMILES string of the molecule is CCN1CCCC1CNC(=O)c1cc2c([nH]c1=O)CCC2. The Kier molecular flexibility index (Phi) is 4.10. The molecule has 0 bridgehead atoms. The lowest BCUT2D eigenvalue weighted by molar-refractivity contribution is 0.0939. The third kappa shape index (κ3) is 2.88. The van der Waals surface area contributed by atoms with Crippen molar-refractivity contribution in [3.63, 3.8) is 0 Å². The van der Waals surface area contributed by atoms with E-state index in [-0.39, 0.29) is 17.0 Å². The number of likely N-dealkylation sites (tertiary alicyclic amines) is 1. The monoisotopic (exact) mass is 289 g/mol. The number of H-pyrrole nitrogens is 1. The summed E-state index contributed by atoms with van der Waals surface area (Å²) < 4.78 is 0. The van der Waals surface area contributed by atoms with Crippen molar-refractivity contribution < 1.29 is 4.79 Å². The van der Waals surface area contributed by atoms with Crippen molar-refractivity contribution in [3.05, 3.63) is 33.2 Å². The van der Waals surface area contributed by atoms with Crippen LogP contribution in [0.5, 0.6) is 0 Å². The molecule has 1 atom stereocenters. The zero-order valence-electron chi connectivity index (χ0n) is 12.6. The van der Waals surface area contributed by atoms with E-state index < -0.39 is 0 Å². The van der Waals surface area contributed by atoms with Gasteiger partial charge in [-0.15, -0.1) is 0 Å². The number of hydrogen-bond acceptors (Lipinski definition) is 3. The van der Waals surface area contributed by atoms with Gasteiger partial charge in [-0.2, -0.15) is 0 Å². The highest BCUT2D eigenvalue weighted by Crippen LogP contribution is 2.19. The molecule has 1 amide bonds. The van der Waals surface area contributed by atoms with Crippen LogP contribution in [0.4, 0.5) is 0 Å². The van der Waals surface area contributed by atoms with Crippen LogP contribution in [-0.2, 0) is 12.8 Å². The lowest BCUT2D eigenvalue weighted by atomic mass is 10.1. The minimum absolute atomic E-state index is 0.242. The van der Waals surface area contributed by atoms with Gasteiger partial charge in [0, 0.05) is 18.3 Å². The Labute approximate surface area is 124 Å². The average molecular weight is 289 g/mol. The largest absolute Gasteiger partial charge is 0.350 e. The lowest BCUT2D eigenvalue weighted by Gasteiger charge is -2.22. The fourth-order valence-electron chi connectivity index (χ4n) is 3.53. The molecule has 114 valence electrons. The maximum Gasteiger partial charge on any atom is 0.261 e. The molecule has 21 heavy (non-hydrogen) atoms. The minimum Gasteiger partial charge on any atom is -0.350 e. The number of hydrogen-bond donors (Lipinski definition) is 2. The van der Waals surface area contributed by atoms with Gasteiger partial charge >= 0.3 is 0 Å². The maximum atomic E-state index is 12.3. The summed E-state index contributed by atoms with van der Waals surface area (Å²) in [5, 5.41) is 2.94. The molecule has 5 nitrogen and oxygen atoms in total. The first-order chi connectivity index (χ1) is 10.2. The van der Waals surface area contributed by atoms with Crippen molar-refractivity contribution in [3.8, 4) is 0 Å². The summed E-state index contributed by atoms with van der Waals surface area (Å²) in [5.41, 5.74) is 2.13. The Bertz CT molecular complexity index is 594. The molecule has 1 aromatic rings. The smallest absolute Gasteiger partial charge is 0.261 e. The summed E-state index contributed by atoms with van der Waals surface area (Å²) >= 11 is 0. The second kappa shape index (κ2) is 6.02. The fourth-order valence-corrected chi connectivity index (χ4v) is 3.53. The van der Waals surface area contributed by atoms with Gasteiger partial charge in [-0.3, -0.25) is 14.5 Å². The first-order valence-corrected chi connectivity index (χ1v) is 7.96. The number of nitrogens with zero attached hydrogens (tertiary/aromatic N) is 1. The molecule has 1 fully saturated rings. The first-order valence-electron chi connectivity index (χ1n) is 7.96. The molecule has 1 aliphatic heterocycles. The Balaban J connectivity index is 1.67. The van der Waals surface area contributed by atoms with Gasteiger partial charge < -0.3 is 10.3 Å². The summed E-state index contributed by atoms with van der Waals surface area (Å²) in [5.74, 6) is -0.242. The van der Waals surface area contributed by atoms with Crippen molar-refractivity contribution in [2.75, 3.05) is 19.6 Å². The zero-order chi connectivity index (χ0) is 14.8. The van der Waals surface area contributed by atoms with Gasteiger partial charge in [-0.1, -0.05) is 6.92 Å². The summed E-state index contributed by atoms with van der Waals surface area (Å²) in [6.45, 7) is 4.89. The molecule has 0 radical (unpaired) electrons. The second-order valence-corrected chi connectivity index (χ2v) is 6.00. The van der Waals surface area contributed by atoms with Gasteiger partial charge in [-0.05, 0) is 56.8 Å². The van der Waals surface area contributed by atoms with Crippen LogP contribution in [0, 0.1) is 0 Å². The first kappa shape index (κ1) is 14.3. The molecule has 1 aliphatic carbocycles. The van der Waals surface area contributed by atoms with Crippen molar-refractivity contribution in [1.29, 1.82) is 0 Å². The topological polar surface area (TPSA) is 65.2 Å². The average Bonchev–Trinajstić information content (AvgIpc) is 3.11. The molecule has 1 saturated heterocycles. The van der Waals surface area contributed by atoms with Crippen molar-refractivity contribution in [2.45, 2.75) is 45.1 Å². The summed E-state index contributed by atoms with van der Waals surface area (Å²) in [4.78, 5) is 29.5. The van der Waals surface area contributed by atoms with Crippen molar-refractivity contribution in [1.82, 2.24) is 15.2 Å². The lowest BCUT2D eigenvalue weighted by Crippen LogP contribution is -2.41. The molecular formula is C16H23N3O2. The van der Waals surface area contributed by atoms with Crippen LogP contribution in [0.25, 0.3) is 0 Å². The van der Waals surface area contributed by atoms with E-state index in [0.29, 0.717) is 12.6 Å². The number of rotatable bonds is 4.